The van der Waals surface area contributed by atoms with Crippen molar-refractivity contribution in [3.63, 3.8) is 0 Å². The number of nitrogens with one attached hydrogen (secondary N) is 1. The number of amides is 1. The summed E-state index contributed by atoms with van der Waals surface area (Å²) in [5.74, 6) is 0.786. The maximum Gasteiger partial charge on any atom is 0.258 e. The minimum atomic E-state index is -3.34. The molecule has 0 aliphatic carbocycles. The van der Waals surface area contributed by atoms with Crippen molar-refractivity contribution in [2.24, 2.45) is 0 Å². The lowest BCUT2D eigenvalue weighted by molar-refractivity contribution is 0.0992. The van der Waals surface area contributed by atoms with Gasteiger partial charge in [0.05, 0.1) is 20.5 Å². The molecule has 8 heteroatoms. The van der Waals surface area contributed by atoms with Crippen molar-refractivity contribution in [3.8, 4) is 11.5 Å². The number of anilines is 2. The second-order valence-corrected chi connectivity index (χ2v) is 7.14. The van der Waals surface area contributed by atoms with Crippen LogP contribution in [0.15, 0.2) is 42.5 Å². The number of rotatable bonds is 6. The third-order valence-corrected chi connectivity index (χ3v) is 4.07. The first-order valence-electron chi connectivity index (χ1n) is 7.32. The van der Waals surface area contributed by atoms with E-state index < -0.39 is 10.0 Å². The normalized spacial score (nSPS) is 10.9. The molecule has 0 bridgehead atoms. The second-order valence-electron chi connectivity index (χ2n) is 5.39. The summed E-state index contributed by atoms with van der Waals surface area (Å²) in [7, 11) is 1.32. The van der Waals surface area contributed by atoms with Gasteiger partial charge in [-0.2, -0.15) is 0 Å². The van der Waals surface area contributed by atoms with Gasteiger partial charge in [0.25, 0.3) is 5.91 Å². The topological polar surface area (TPSA) is 84.9 Å². The number of methoxy groups -OCH3 is 2. The Labute approximate surface area is 147 Å². The molecule has 0 saturated carbocycles. The zero-order valence-electron chi connectivity index (χ0n) is 14.4. The van der Waals surface area contributed by atoms with Gasteiger partial charge in [-0.3, -0.25) is 9.52 Å². The van der Waals surface area contributed by atoms with Crippen molar-refractivity contribution in [3.05, 3.63) is 48.0 Å². The fourth-order valence-electron chi connectivity index (χ4n) is 2.21. The average Bonchev–Trinajstić information content (AvgIpc) is 2.59. The third kappa shape index (κ3) is 4.87. The fraction of sp³-hybridized carbons (Fsp3) is 0.235. The molecule has 2 rings (SSSR count). The van der Waals surface area contributed by atoms with E-state index in [-0.39, 0.29) is 5.91 Å². The monoisotopic (exact) mass is 364 g/mol. The second kappa shape index (κ2) is 7.43. The van der Waals surface area contributed by atoms with Gasteiger partial charge in [0.1, 0.15) is 11.5 Å². The molecule has 0 heterocycles. The zero-order valence-corrected chi connectivity index (χ0v) is 15.3. The molecule has 1 amide bonds. The molecule has 2 aromatic rings. The summed E-state index contributed by atoms with van der Waals surface area (Å²) in [5, 5.41) is 0. The Kier molecular flexibility index (Phi) is 5.53. The molecule has 1 N–H and O–H groups in total. The molecule has 0 atom stereocenters. The Balaban J connectivity index is 2.25. The number of benzene rings is 2. The molecular weight excluding hydrogens is 344 g/mol. The highest BCUT2D eigenvalue weighted by molar-refractivity contribution is 7.92. The van der Waals surface area contributed by atoms with Gasteiger partial charge in [-0.05, 0) is 36.4 Å². The highest BCUT2D eigenvalue weighted by atomic mass is 32.2. The molecule has 2 aromatic carbocycles. The van der Waals surface area contributed by atoms with Crippen molar-refractivity contribution < 1.29 is 22.7 Å². The summed E-state index contributed by atoms with van der Waals surface area (Å²) < 4.78 is 35.2. The Morgan fingerprint density at radius 3 is 1.96 bits per heavy atom. The zero-order chi connectivity index (χ0) is 18.6. The van der Waals surface area contributed by atoms with Gasteiger partial charge < -0.3 is 14.4 Å². The van der Waals surface area contributed by atoms with E-state index in [0.29, 0.717) is 28.4 Å². The SMILES string of the molecule is COc1cc(OC)cc(C(=O)N(C)c2ccc(NS(C)(=O)=O)cc2)c1. The minimum absolute atomic E-state index is 0.249. The lowest BCUT2D eigenvalue weighted by Gasteiger charge is -2.19. The van der Waals surface area contributed by atoms with Crippen LogP contribution in [0.3, 0.4) is 0 Å². The van der Waals surface area contributed by atoms with Gasteiger partial charge in [0, 0.05) is 30.1 Å². The van der Waals surface area contributed by atoms with Crippen molar-refractivity contribution in [1.29, 1.82) is 0 Å². The molecule has 0 radical (unpaired) electrons. The van der Waals surface area contributed by atoms with Gasteiger partial charge in [-0.25, -0.2) is 8.42 Å². The number of sulfonamides is 1. The number of carbonyl (C=O) groups is 1. The standard InChI is InChI=1S/C17H20N2O5S/c1-19(14-7-5-13(6-8-14)18-25(4,21)22)17(20)12-9-15(23-2)11-16(10-12)24-3/h5-11,18H,1-4H3. The van der Waals surface area contributed by atoms with Crippen LogP contribution in [-0.2, 0) is 10.0 Å². The molecule has 0 aliphatic heterocycles. The van der Waals surface area contributed by atoms with Gasteiger partial charge in [-0.1, -0.05) is 0 Å². The Morgan fingerprint density at radius 2 is 1.52 bits per heavy atom. The maximum atomic E-state index is 12.7. The van der Waals surface area contributed by atoms with E-state index in [1.165, 1.54) is 19.1 Å². The van der Waals surface area contributed by atoms with Crippen LogP contribution in [0.2, 0.25) is 0 Å². The number of carbonyl (C=O) groups excluding carboxylic acids is 1. The van der Waals surface area contributed by atoms with Gasteiger partial charge in [-0.15, -0.1) is 0 Å². The lowest BCUT2D eigenvalue weighted by Crippen LogP contribution is -2.26. The molecular formula is C17H20N2O5S. The summed E-state index contributed by atoms with van der Waals surface area (Å²) >= 11 is 0. The summed E-state index contributed by atoms with van der Waals surface area (Å²) in [6, 6.07) is 11.4. The van der Waals surface area contributed by atoms with Crippen LogP contribution in [0, 0.1) is 0 Å². The van der Waals surface area contributed by atoms with Gasteiger partial charge in [0.2, 0.25) is 10.0 Å². The Morgan fingerprint density at radius 1 is 1.00 bits per heavy atom. The Hall–Kier alpha value is -2.74. The quantitative estimate of drug-likeness (QED) is 0.850. The van der Waals surface area contributed by atoms with Crippen LogP contribution >= 0.6 is 0 Å². The highest BCUT2D eigenvalue weighted by Gasteiger charge is 2.16. The van der Waals surface area contributed by atoms with Gasteiger partial charge in [0.15, 0.2) is 0 Å². The van der Waals surface area contributed by atoms with Crippen molar-refractivity contribution in [1.82, 2.24) is 0 Å². The molecule has 0 aliphatic rings. The smallest absolute Gasteiger partial charge is 0.258 e. The van der Waals surface area contributed by atoms with Crippen LogP contribution in [0.25, 0.3) is 0 Å². The maximum absolute atomic E-state index is 12.7. The number of nitrogens with zero attached hydrogens (tertiary/aromatic N) is 1. The van der Waals surface area contributed by atoms with Crippen LogP contribution in [0.1, 0.15) is 10.4 Å². The molecule has 0 saturated heterocycles. The predicted molar refractivity (Wildman–Crippen MR) is 97.2 cm³/mol. The average molecular weight is 364 g/mol. The third-order valence-electron chi connectivity index (χ3n) is 3.46. The first-order chi connectivity index (χ1) is 11.7. The molecule has 0 fully saturated rings. The van der Waals surface area contributed by atoms with Crippen LogP contribution in [0.5, 0.6) is 11.5 Å². The van der Waals surface area contributed by atoms with E-state index in [2.05, 4.69) is 4.72 Å². The van der Waals surface area contributed by atoms with Crippen molar-refractivity contribution >= 4 is 27.3 Å². The first kappa shape index (κ1) is 18.6. The van der Waals surface area contributed by atoms with Crippen LogP contribution in [0.4, 0.5) is 11.4 Å². The van der Waals surface area contributed by atoms with E-state index >= 15 is 0 Å². The van der Waals surface area contributed by atoms with Crippen molar-refractivity contribution in [2.45, 2.75) is 0 Å². The fourth-order valence-corrected chi connectivity index (χ4v) is 2.77. The van der Waals surface area contributed by atoms with E-state index in [1.54, 1.807) is 49.5 Å². The molecule has 25 heavy (non-hydrogen) atoms. The van der Waals surface area contributed by atoms with Crippen molar-refractivity contribution in [2.75, 3.05) is 37.1 Å². The predicted octanol–water partition coefficient (Wildman–Crippen LogP) is 2.35. The molecule has 0 spiro atoms. The van der Waals surface area contributed by atoms with Crippen LogP contribution in [-0.4, -0.2) is 41.8 Å². The van der Waals surface area contributed by atoms with E-state index in [0.717, 1.165) is 6.26 Å². The largest absolute Gasteiger partial charge is 0.497 e. The number of hydrogen-bond donors (Lipinski definition) is 1. The summed E-state index contributed by atoms with van der Waals surface area (Å²) in [6.45, 7) is 0. The van der Waals surface area contributed by atoms with E-state index in [9.17, 15) is 13.2 Å². The number of hydrogen-bond acceptors (Lipinski definition) is 5. The highest BCUT2D eigenvalue weighted by Crippen LogP contribution is 2.25. The molecule has 134 valence electrons. The minimum Gasteiger partial charge on any atom is -0.497 e. The lowest BCUT2D eigenvalue weighted by atomic mass is 10.1. The molecule has 7 nitrogen and oxygen atoms in total. The number of ether oxygens (including phenoxy) is 2. The van der Waals surface area contributed by atoms with E-state index in [4.69, 9.17) is 9.47 Å². The van der Waals surface area contributed by atoms with Gasteiger partial charge >= 0.3 is 0 Å². The molecule has 0 unspecified atom stereocenters. The molecule has 0 aromatic heterocycles. The summed E-state index contributed by atoms with van der Waals surface area (Å²) in [4.78, 5) is 14.2. The first-order valence-corrected chi connectivity index (χ1v) is 9.21. The Bertz CT molecular complexity index is 841. The summed E-state index contributed by atoms with van der Waals surface area (Å²) in [5.41, 5.74) is 1.46. The summed E-state index contributed by atoms with van der Waals surface area (Å²) in [6.07, 6.45) is 1.08. The van der Waals surface area contributed by atoms with E-state index in [1.807, 2.05) is 0 Å². The van der Waals surface area contributed by atoms with Crippen LogP contribution < -0.4 is 19.1 Å².